The highest BCUT2D eigenvalue weighted by Gasteiger charge is 2.19. The number of nitrogens with zero attached hydrogens (tertiary/aromatic N) is 1. The van der Waals surface area contributed by atoms with E-state index in [9.17, 15) is 9.90 Å². The lowest BCUT2D eigenvalue weighted by molar-refractivity contribution is -0.128. The van der Waals surface area contributed by atoms with Crippen molar-refractivity contribution in [1.29, 1.82) is 0 Å². The van der Waals surface area contributed by atoms with Crippen LogP contribution in [0.25, 0.3) is 0 Å². The molecule has 0 heterocycles. The van der Waals surface area contributed by atoms with Crippen molar-refractivity contribution in [1.82, 2.24) is 4.90 Å². The maximum absolute atomic E-state index is 11.6. The van der Waals surface area contributed by atoms with Gasteiger partial charge < -0.3 is 10.0 Å². The van der Waals surface area contributed by atoms with Crippen LogP contribution in [0.15, 0.2) is 11.6 Å². The van der Waals surface area contributed by atoms with Crippen LogP contribution < -0.4 is 0 Å². The van der Waals surface area contributed by atoms with Crippen LogP contribution in [-0.4, -0.2) is 34.6 Å². The van der Waals surface area contributed by atoms with Gasteiger partial charge in [0.15, 0.2) is 0 Å². The van der Waals surface area contributed by atoms with Gasteiger partial charge in [-0.2, -0.15) is 0 Å². The second-order valence-corrected chi connectivity index (χ2v) is 4.39. The zero-order chi connectivity index (χ0) is 11.4. The van der Waals surface area contributed by atoms with Gasteiger partial charge in [0, 0.05) is 19.2 Å². The van der Waals surface area contributed by atoms with E-state index in [1.54, 1.807) is 24.8 Å². The second-order valence-electron chi connectivity index (χ2n) is 4.39. The summed E-state index contributed by atoms with van der Waals surface area (Å²) < 4.78 is 0. The molecule has 3 nitrogen and oxygen atoms in total. The van der Waals surface area contributed by atoms with E-state index in [4.69, 9.17) is 0 Å². The average molecular weight is 199 g/mol. The number of carbonyl (C=O) groups excluding carboxylic acids is 1. The number of amides is 1. The topological polar surface area (TPSA) is 40.5 Å². The van der Waals surface area contributed by atoms with Crippen LogP contribution >= 0.6 is 0 Å². The van der Waals surface area contributed by atoms with E-state index >= 15 is 0 Å². The Bertz CT molecular complexity index is 222. The van der Waals surface area contributed by atoms with Crippen LogP contribution in [0.2, 0.25) is 0 Å². The molecule has 0 saturated carbocycles. The minimum absolute atomic E-state index is 0.0328. The molecule has 0 aliphatic heterocycles. The summed E-state index contributed by atoms with van der Waals surface area (Å²) in [6, 6.07) is 0. The third-order valence-electron chi connectivity index (χ3n) is 1.68. The van der Waals surface area contributed by atoms with E-state index in [1.165, 1.54) is 0 Å². The number of allylic oxidation sites excluding steroid dienone is 1. The number of aliphatic hydroxyl groups is 1. The summed E-state index contributed by atoms with van der Waals surface area (Å²) in [7, 11) is 0. The van der Waals surface area contributed by atoms with Crippen LogP contribution in [-0.2, 0) is 4.79 Å². The third-order valence-corrected chi connectivity index (χ3v) is 1.68. The van der Waals surface area contributed by atoms with Crippen molar-refractivity contribution >= 4 is 5.91 Å². The molecule has 14 heavy (non-hydrogen) atoms. The molecule has 1 N–H and O–H groups in total. The number of rotatable bonds is 4. The first-order valence-corrected chi connectivity index (χ1v) is 4.92. The van der Waals surface area contributed by atoms with Crippen LogP contribution in [0, 0.1) is 0 Å². The van der Waals surface area contributed by atoms with Gasteiger partial charge in [0.2, 0.25) is 5.91 Å². The molecule has 0 aliphatic rings. The molecule has 1 amide bonds. The Morgan fingerprint density at radius 2 is 1.93 bits per heavy atom. The minimum Gasteiger partial charge on any atom is -0.389 e. The van der Waals surface area contributed by atoms with Crippen LogP contribution in [0.4, 0.5) is 0 Å². The van der Waals surface area contributed by atoms with E-state index in [1.807, 2.05) is 20.8 Å². The Hall–Kier alpha value is -0.830. The highest BCUT2D eigenvalue weighted by Crippen LogP contribution is 2.06. The maximum Gasteiger partial charge on any atom is 0.246 e. The second kappa shape index (κ2) is 5.15. The first-order chi connectivity index (χ1) is 6.26. The van der Waals surface area contributed by atoms with Crippen molar-refractivity contribution in [3.05, 3.63) is 11.6 Å². The van der Waals surface area contributed by atoms with Crippen molar-refractivity contribution in [2.75, 3.05) is 13.1 Å². The van der Waals surface area contributed by atoms with Crippen LogP contribution in [0.5, 0.6) is 0 Å². The molecular formula is C11H21NO2. The zero-order valence-corrected chi connectivity index (χ0v) is 9.79. The Kier molecular flexibility index (Phi) is 4.85. The predicted molar refractivity (Wildman–Crippen MR) is 58.0 cm³/mol. The fourth-order valence-electron chi connectivity index (χ4n) is 1.15. The molecule has 0 aromatic carbocycles. The molecule has 0 fully saturated rings. The quantitative estimate of drug-likeness (QED) is 0.698. The van der Waals surface area contributed by atoms with Gasteiger partial charge in [0.1, 0.15) is 0 Å². The molecule has 82 valence electrons. The molecule has 0 bridgehead atoms. The lowest BCUT2D eigenvalue weighted by Crippen LogP contribution is -2.41. The monoisotopic (exact) mass is 199 g/mol. The van der Waals surface area contributed by atoms with Gasteiger partial charge in [-0.3, -0.25) is 4.79 Å². The van der Waals surface area contributed by atoms with Gasteiger partial charge in [0.25, 0.3) is 0 Å². The molecule has 0 aromatic heterocycles. The lowest BCUT2D eigenvalue weighted by atomic mass is 10.1. The van der Waals surface area contributed by atoms with Crippen molar-refractivity contribution in [2.24, 2.45) is 0 Å². The Labute approximate surface area is 86.4 Å². The molecule has 0 radical (unpaired) electrons. The fraction of sp³-hybridized carbons (Fsp3) is 0.727. The standard InChI is InChI=1S/C11H21NO2/c1-6-12(8-11(4,5)14)10(13)7-9(2)3/h7,14H,6,8H2,1-5H3. The summed E-state index contributed by atoms with van der Waals surface area (Å²) in [6.07, 6.45) is 1.59. The molecule has 0 spiro atoms. The number of hydrogen-bond donors (Lipinski definition) is 1. The third kappa shape index (κ3) is 5.75. The minimum atomic E-state index is -0.832. The molecule has 0 unspecified atom stereocenters. The number of carbonyl (C=O) groups is 1. The SMILES string of the molecule is CCN(CC(C)(C)O)C(=O)C=C(C)C. The number of likely N-dealkylation sites (N-methyl/N-ethyl adjacent to an activating group) is 1. The molecule has 0 atom stereocenters. The van der Waals surface area contributed by atoms with E-state index in [-0.39, 0.29) is 5.91 Å². The van der Waals surface area contributed by atoms with Gasteiger partial charge in [-0.05, 0) is 34.6 Å². The summed E-state index contributed by atoms with van der Waals surface area (Å²) in [5.74, 6) is -0.0328. The highest BCUT2D eigenvalue weighted by molar-refractivity contribution is 5.88. The van der Waals surface area contributed by atoms with E-state index < -0.39 is 5.60 Å². The smallest absolute Gasteiger partial charge is 0.246 e. The Balaban J connectivity index is 4.43. The van der Waals surface area contributed by atoms with Crippen molar-refractivity contribution in [2.45, 2.75) is 40.2 Å². The first-order valence-electron chi connectivity index (χ1n) is 4.92. The van der Waals surface area contributed by atoms with Crippen LogP contribution in [0.1, 0.15) is 34.6 Å². The largest absolute Gasteiger partial charge is 0.389 e. The number of hydrogen-bond acceptors (Lipinski definition) is 2. The van der Waals surface area contributed by atoms with Gasteiger partial charge >= 0.3 is 0 Å². The zero-order valence-electron chi connectivity index (χ0n) is 9.79. The summed E-state index contributed by atoms with van der Waals surface area (Å²) in [6.45, 7) is 10.1. The van der Waals surface area contributed by atoms with Crippen LogP contribution in [0.3, 0.4) is 0 Å². The molecule has 0 aliphatic carbocycles. The molecule has 0 aromatic rings. The molecule has 3 heteroatoms. The van der Waals surface area contributed by atoms with Gasteiger partial charge in [-0.25, -0.2) is 0 Å². The van der Waals surface area contributed by atoms with E-state index in [0.717, 1.165) is 5.57 Å². The lowest BCUT2D eigenvalue weighted by Gasteiger charge is -2.27. The average Bonchev–Trinajstić information content (AvgIpc) is 1.96. The summed E-state index contributed by atoms with van der Waals surface area (Å²) in [4.78, 5) is 13.2. The van der Waals surface area contributed by atoms with Crippen molar-refractivity contribution in [3.8, 4) is 0 Å². The van der Waals surface area contributed by atoms with E-state index in [0.29, 0.717) is 13.1 Å². The van der Waals surface area contributed by atoms with E-state index in [2.05, 4.69) is 0 Å². The van der Waals surface area contributed by atoms with Gasteiger partial charge in [-0.15, -0.1) is 0 Å². The van der Waals surface area contributed by atoms with Gasteiger partial charge in [-0.1, -0.05) is 5.57 Å². The Morgan fingerprint density at radius 1 is 1.43 bits per heavy atom. The van der Waals surface area contributed by atoms with Crippen molar-refractivity contribution < 1.29 is 9.90 Å². The Morgan fingerprint density at radius 3 is 2.21 bits per heavy atom. The normalized spacial score (nSPS) is 11.0. The predicted octanol–water partition coefficient (Wildman–Crippen LogP) is 1.57. The molecule has 0 saturated heterocycles. The summed E-state index contributed by atoms with van der Waals surface area (Å²) in [5.41, 5.74) is 0.144. The maximum atomic E-state index is 11.6. The fourth-order valence-corrected chi connectivity index (χ4v) is 1.15. The summed E-state index contributed by atoms with van der Waals surface area (Å²) >= 11 is 0. The van der Waals surface area contributed by atoms with Gasteiger partial charge in [0.05, 0.1) is 5.60 Å². The first kappa shape index (κ1) is 13.2. The van der Waals surface area contributed by atoms with Crippen molar-refractivity contribution in [3.63, 3.8) is 0 Å². The summed E-state index contributed by atoms with van der Waals surface area (Å²) in [5, 5.41) is 9.59. The highest BCUT2D eigenvalue weighted by atomic mass is 16.3. The molecular weight excluding hydrogens is 178 g/mol. The molecule has 0 rings (SSSR count).